The normalized spacial score (nSPS) is 12.3. The van der Waals surface area contributed by atoms with Gasteiger partial charge >= 0.3 is 0 Å². The van der Waals surface area contributed by atoms with E-state index in [-0.39, 0.29) is 24.3 Å². The number of amides is 2. The van der Waals surface area contributed by atoms with E-state index in [0.717, 1.165) is 22.5 Å². The van der Waals surface area contributed by atoms with E-state index < -0.39 is 6.04 Å². The van der Waals surface area contributed by atoms with Gasteiger partial charge in [-0.15, -0.1) is 0 Å². The van der Waals surface area contributed by atoms with Crippen molar-refractivity contribution >= 4 is 11.8 Å². The first-order valence-corrected chi connectivity index (χ1v) is 13.8. The number of hydrogen-bond donors (Lipinski definition) is 3. The topological polar surface area (TPSA) is 107 Å². The summed E-state index contributed by atoms with van der Waals surface area (Å²) in [7, 11) is 1.58. The molecule has 7 heteroatoms. The zero-order valence-corrected chi connectivity index (χ0v) is 24.0. The van der Waals surface area contributed by atoms with Gasteiger partial charge in [-0.3, -0.25) is 9.59 Å². The van der Waals surface area contributed by atoms with Gasteiger partial charge < -0.3 is 20.4 Å². The monoisotopic (exact) mass is 548 g/mol. The van der Waals surface area contributed by atoms with Gasteiger partial charge in [-0.05, 0) is 74.2 Å². The van der Waals surface area contributed by atoms with Gasteiger partial charge in [-0.25, -0.2) is 0 Å². The molecule has 0 saturated heterocycles. The Morgan fingerprint density at radius 1 is 0.951 bits per heavy atom. The Kier molecular flexibility index (Phi) is 9.73. The van der Waals surface area contributed by atoms with Gasteiger partial charge in [0.2, 0.25) is 5.91 Å². The van der Waals surface area contributed by atoms with Gasteiger partial charge in [0.1, 0.15) is 11.5 Å². The first kappa shape index (κ1) is 29.3. The number of nitrogens with zero attached hydrogens (tertiary/aromatic N) is 1. The molecule has 4 rings (SSSR count). The molecule has 2 amide bonds. The standard InChI is InChI=1S/C34H36N4O3/c1-22-5-12-27(13-6-22)24(3)37-21-30-15-16-32(41-30)28-14-7-23(2)31(18-28)34(40)38-29(19-33(39)36-4)17-25-8-10-26(20-35)11-9-25/h5-16,18,24,29,37H,17,19,21H2,1-4H3,(H,36,39)(H,38,40). The highest BCUT2D eigenvalue weighted by Gasteiger charge is 2.20. The highest BCUT2D eigenvalue weighted by molar-refractivity contribution is 5.97. The van der Waals surface area contributed by atoms with Crippen LogP contribution < -0.4 is 16.0 Å². The molecule has 210 valence electrons. The molecule has 41 heavy (non-hydrogen) atoms. The van der Waals surface area contributed by atoms with Crippen molar-refractivity contribution in [2.24, 2.45) is 0 Å². The van der Waals surface area contributed by atoms with E-state index in [2.05, 4.69) is 60.1 Å². The van der Waals surface area contributed by atoms with Crippen LogP contribution >= 0.6 is 0 Å². The fraction of sp³-hybridized carbons (Fsp3) is 0.265. The van der Waals surface area contributed by atoms with Crippen molar-refractivity contribution in [2.45, 2.75) is 52.2 Å². The minimum Gasteiger partial charge on any atom is -0.460 e. The number of rotatable bonds is 11. The predicted molar refractivity (Wildman–Crippen MR) is 160 cm³/mol. The Morgan fingerprint density at radius 2 is 1.68 bits per heavy atom. The molecular formula is C34H36N4O3. The SMILES string of the molecule is CNC(=O)CC(Cc1ccc(C#N)cc1)NC(=O)c1cc(-c2ccc(CNC(C)c3ccc(C)cc3)o2)ccc1C. The van der Waals surface area contributed by atoms with Crippen LogP contribution in [0.3, 0.4) is 0 Å². The van der Waals surface area contributed by atoms with Gasteiger partial charge in [-0.2, -0.15) is 5.26 Å². The first-order chi connectivity index (χ1) is 19.7. The molecule has 3 aromatic carbocycles. The van der Waals surface area contributed by atoms with Crippen molar-refractivity contribution < 1.29 is 14.0 Å². The Balaban J connectivity index is 1.45. The van der Waals surface area contributed by atoms with Crippen LogP contribution in [0.4, 0.5) is 0 Å². The predicted octanol–water partition coefficient (Wildman–Crippen LogP) is 5.76. The summed E-state index contributed by atoms with van der Waals surface area (Å²) in [5, 5.41) is 18.2. The first-order valence-electron chi connectivity index (χ1n) is 13.8. The summed E-state index contributed by atoms with van der Waals surface area (Å²) in [5.74, 6) is 1.06. The van der Waals surface area contributed by atoms with Gasteiger partial charge in [0.15, 0.2) is 0 Å². The molecule has 0 bridgehead atoms. The maximum Gasteiger partial charge on any atom is 0.251 e. The van der Waals surface area contributed by atoms with Crippen molar-refractivity contribution in [3.63, 3.8) is 0 Å². The van der Waals surface area contributed by atoms with E-state index >= 15 is 0 Å². The number of hydrogen-bond acceptors (Lipinski definition) is 5. The van der Waals surface area contributed by atoms with Gasteiger partial charge in [-0.1, -0.05) is 54.1 Å². The summed E-state index contributed by atoms with van der Waals surface area (Å²) in [4.78, 5) is 25.6. The number of aryl methyl sites for hydroxylation is 2. The molecule has 1 heterocycles. The molecule has 0 aliphatic heterocycles. The third kappa shape index (κ3) is 7.93. The lowest BCUT2D eigenvalue weighted by atomic mass is 9.99. The van der Waals surface area contributed by atoms with Crippen LogP contribution in [0.15, 0.2) is 83.3 Å². The minimum atomic E-state index is -0.421. The van der Waals surface area contributed by atoms with E-state index in [1.54, 1.807) is 19.2 Å². The van der Waals surface area contributed by atoms with E-state index in [1.165, 1.54) is 11.1 Å². The largest absolute Gasteiger partial charge is 0.460 e. The second-order valence-corrected chi connectivity index (χ2v) is 10.4. The molecule has 0 fully saturated rings. The highest BCUT2D eigenvalue weighted by Crippen LogP contribution is 2.26. The summed E-state index contributed by atoms with van der Waals surface area (Å²) in [6.45, 7) is 6.66. The molecule has 3 N–H and O–H groups in total. The number of nitriles is 1. The van der Waals surface area contributed by atoms with Crippen molar-refractivity contribution in [3.8, 4) is 17.4 Å². The average Bonchev–Trinajstić information content (AvgIpc) is 3.46. The molecule has 0 aliphatic carbocycles. The smallest absolute Gasteiger partial charge is 0.251 e. The quantitative estimate of drug-likeness (QED) is 0.221. The molecule has 0 radical (unpaired) electrons. The lowest BCUT2D eigenvalue weighted by molar-refractivity contribution is -0.121. The fourth-order valence-corrected chi connectivity index (χ4v) is 4.64. The van der Waals surface area contributed by atoms with Crippen molar-refractivity contribution in [2.75, 3.05) is 7.05 Å². The van der Waals surface area contributed by atoms with Crippen molar-refractivity contribution in [1.82, 2.24) is 16.0 Å². The summed E-state index contributed by atoms with van der Waals surface area (Å²) >= 11 is 0. The Hall–Kier alpha value is -4.67. The highest BCUT2D eigenvalue weighted by atomic mass is 16.3. The molecule has 1 aromatic heterocycles. The van der Waals surface area contributed by atoms with Gasteiger partial charge in [0.05, 0.1) is 18.2 Å². The van der Waals surface area contributed by atoms with Gasteiger partial charge in [0, 0.05) is 36.7 Å². The molecule has 2 atom stereocenters. The third-order valence-corrected chi connectivity index (χ3v) is 7.20. The third-order valence-electron chi connectivity index (χ3n) is 7.20. The lowest BCUT2D eigenvalue weighted by Crippen LogP contribution is -2.40. The summed E-state index contributed by atoms with van der Waals surface area (Å²) in [6.07, 6.45) is 0.593. The van der Waals surface area contributed by atoms with E-state index in [4.69, 9.17) is 9.68 Å². The van der Waals surface area contributed by atoms with Crippen LogP contribution in [0, 0.1) is 25.2 Å². The molecular weight excluding hydrogens is 512 g/mol. The maximum absolute atomic E-state index is 13.4. The van der Waals surface area contributed by atoms with Crippen LogP contribution in [0.1, 0.15) is 63.3 Å². The number of benzene rings is 3. The zero-order valence-electron chi connectivity index (χ0n) is 24.0. The van der Waals surface area contributed by atoms with E-state index in [1.807, 2.05) is 49.4 Å². The van der Waals surface area contributed by atoms with E-state index in [0.29, 0.717) is 29.9 Å². The Bertz CT molecular complexity index is 1530. The van der Waals surface area contributed by atoms with Crippen LogP contribution in [-0.2, 0) is 17.8 Å². The number of nitrogens with one attached hydrogen (secondary N) is 3. The zero-order chi connectivity index (χ0) is 29.4. The second-order valence-electron chi connectivity index (χ2n) is 10.4. The maximum atomic E-state index is 13.4. The molecule has 2 unspecified atom stereocenters. The van der Waals surface area contributed by atoms with Crippen molar-refractivity contribution in [3.05, 3.63) is 118 Å². The van der Waals surface area contributed by atoms with Crippen molar-refractivity contribution in [1.29, 1.82) is 5.26 Å². The molecule has 4 aromatic rings. The summed E-state index contributed by atoms with van der Waals surface area (Å²) < 4.78 is 6.13. The average molecular weight is 549 g/mol. The summed E-state index contributed by atoms with van der Waals surface area (Å²) in [5.41, 5.74) is 6.08. The van der Waals surface area contributed by atoms with Gasteiger partial charge in [0.25, 0.3) is 5.91 Å². The second kappa shape index (κ2) is 13.6. The van der Waals surface area contributed by atoms with Crippen LogP contribution in [0.2, 0.25) is 0 Å². The summed E-state index contributed by atoms with van der Waals surface area (Å²) in [6, 6.07) is 27.0. The fourth-order valence-electron chi connectivity index (χ4n) is 4.64. The van der Waals surface area contributed by atoms with E-state index in [9.17, 15) is 9.59 Å². The Labute approximate surface area is 241 Å². The minimum absolute atomic E-state index is 0.135. The van der Waals surface area contributed by atoms with Crippen LogP contribution in [0.25, 0.3) is 11.3 Å². The Morgan fingerprint density at radius 3 is 2.37 bits per heavy atom. The number of carbonyl (C=O) groups is 2. The molecule has 7 nitrogen and oxygen atoms in total. The number of furan rings is 1. The lowest BCUT2D eigenvalue weighted by Gasteiger charge is -2.19. The molecule has 0 spiro atoms. The van der Waals surface area contributed by atoms with Crippen LogP contribution in [0.5, 0.6) is 0 Å². The number of carbonyl (C=O) groups excluding carboxylic acids is 2. The molecule has 0 saturated carbocycles. The molecule has 0 aliphatic rings. The van der Waals surface area contributed by atoms with Crippen LogP contribution in [-0.4, -0.2) is 24.9 Å².